The van der Waals surface area contributed by atoms with E-state index in [0.29, 0.717) is 0 Å². The summed E-state index contributed by atoms with van der Waals surface area (Å²) in [5, 5.41) is 9.04. The lowest BCUT2D eigenvalue weighted by molar-refractivity contribution is -0.140. The molecule has 0 radical (unpaired) electrons. The van der Waals surface area contributed by atoms with Crippen LogP contribution in [0.5, 0.6) is 0 Å². The smallest absolute Gasteiger partial charge is 0.446 e. The number of benzene rings is 1. The second-order valence-electron chi connectivity index (χ2n) is 4.17. The Morgan fingerprint density at radius 3 is 2.62 bits per heavy atom. The van der Waals surface area contributed by atoms with Gasteiger partial charge in [-0.25, -0.2) is 4.79 Å². The van der Waals surface area contributed by atoms with Crippen LogP contribution in [0.25, 0.3) is 0 Å². The van der Waals surface area contributed by atoms with Gasteiger partial charge in [-0.2, -0.15) is 13.2 Å². The number of thioether (sulfide) groups is 2. The monoisotopic (exact) mass is 337 g/mol. The first kappa shape index (κ1) is 16.0. The average molecular weight is 337 g/mol. The molecule has 2 rings (SSSR count). The summed E-state index contributed by atoms with van der Waals surface area (Å²) < 4.78 is 37.5. The van der Waals surface area contributed by atoms with Crippen molar-refractivity contribution in [3.63, 3.8) is 0 Å². The zero-order valence-corrected chi connectivity index (χ0v) is 12.1. The van der Waals surface area contributed by atoms with Crippen molar-refractivity contribution in [1.29, 1.82) is 0 Å². The van der Waals surface area contributed by atoms with E-state index in [9.17, 15) is 22.8 Å². The highest BCUT2D eigenvalue weighted by Crippen LogP contribution is 2.39. The molecular formula is C12H10F3NO3S2. The maximum Gasteiger partial charge on any atom is 0.446 e. The van der Waals surface area contributed by atoms with Crippen molar-refractivity contribution in [2.45, 2.75) is 16.4 Å². The predicted octanol–water partition coefficient (Wildman–Crippen LogP) is 2.90. The Balaban J connectivity index is 2.29. The fourth-order valence-corrected chi connectivity index (χ4v) is 3.67. The van der Waals surface area contributed by atoms with Gasteiger partial charge < -0.3 is 10.0 Å². The van der Waals surface area contributed by atoms with E-state index in [-0.39, 0.29) is 33.9 Å². The Morgan fingerprint density at radius 1 is 1.33 bits per heavy atom. The number of carbonyl (C=O) groups is 2. The molecule has 9 heteroatoms. The Morgan fingerprint density at radius 2 is 2.00 bits per heavy atom. The summed E-state index contributed by atoms with van der Waals surface area (Å²) in [4.78, 5) is 24.3. The van der Waals surface area contributed by atoms with Gasteiger partial charge in [0.1, 0.15) is 6.04 Å². The first-order valence-corrected chi connectivity index (χ1v) is 7.73. The standard InChI is InChI=1S/C12H10F3NO3S2/c13-12(14,15)21-9-4-2-1-3-7(9)10(17)16-6-20-5-8(16)11(18)19/h1-4,8H,5-6H2,(H,18,19)/t8-/m0/s1. The van der Waals surface area contributed by atoms with Gasteiger partial charge >= 0.3 is 11.5 Å². The van der Waals surface area contributed by atoms with Crippen LogP contribution in [0.1, 0.15) is 10.4 Å². The second kappa shape index (κ2) is 6.18. The normalized spacial score (nSPS) is 18.8. The SMILES string of the molecule is O=C(O)[C@@H]1CSCN1C(=O)c1ccccc1SC(F)(F)F. The molecule has 0 saturated carbocycles. The molecule has 1 fully saturated rings. The summed E-state index contributed by atoms with van der Waals surface area (Å²) in [7, 11) is 0. The molecule has 1 saturated heterocycles. The molecule has 1 N–H and O–H groups in total. The van der Waals surface area contributed by atoms with Crippen molar-refractivity contribution in [1.82, 2.24) is 4.90 Å². The van der Waals surface area contributed by atoms with Crippen LogP contribution in [0.4, 0.5) is 13.2 Å². The Hall–Kier alpha value is -1.35. The number of carbonyl (C=O) groups excluding carboxylic acids is 1. The Labute approximate surface area is 126 Å². The number of aliphatic carboxylic acids is 1. The van der Waals surface area contributed by atoms with Gasteiger partial charge in [-0.15, -0.1) is 11.8 Å². The number of halogens is 3. The number of carboxylic acids is 1. The number of hydrogen-bond donors (Lipinski definition) is 1. The molecule has 114 valence electrons. The van der Waals surface area contributed by atoms with Gasteiger partial charge in [-0.1, -0.05) is 12.1 Å². The van der Waals surface area contributed by atoms with Crippen molar-refractivity contribution in [2.24, 2.45) is 0 Å². The minimum absolute atomic E-state index is 0.131. The van der Waals surface area contributed by atoms with E-state index in [4.69, 9.17) is 5.11 Å². The lowest BCUT2D eigenvalue weighted by Crippen LogP contribution is -2.41. The largest absolute Gasteiger partial charge is 0.480 e. The van der Waals surface area contributed by atoms with Gasteiger partial charge in [0.2, 0.25) is 0 Å². The van der Waals surface area contributed by atoms with Crippen LogP contribution in [-0.2, 0) is 4.79 Å². The zero-order valence-electron chi connectivity index (χ0n) is 10.5. The molecule has 4 nitrogen and oxygen atoms in total. The zero-order chi connectivity index (χ0) is 15.6. The third kappa shape index (κ3) is 3.85. The van der Waals surface area contributed by atoms with E-state index in [1.54, 1.807) is 0 Å². The van der Waals surface area contributed by atoms with Crippen LogP contribution in [0, 0.1) is 0 Å². The van der Waals surface area contributed by atoms with Crippen LogP contribution in [0.15, 0.2) is 29.2 Å². The van der Waals surface area contributed by atoms with Gasteiger partial charge in [0, 0.05) is 10.6 Å². The van der Waals surface area contributed by atoms with Crippen LogP contribution in [0.2, 0.25) is 0 Å². The van der Waals surface area contributed by atoms with Crippen LogP contribution in [0.3, 0.4) is 0 Å². The van der Waals surface area contributed by atoms with Gasteiger partial charge in [0.05, 0.1) is 11.4 Å². The van der Waals surface area contributed by atoms with Gasteiger partial charge in [0.15, 0.2) is 0 Å². The number of carboxylic acid groups (broad SMARTS) is 1. The van der Waals surface area contributed by atoms with Crippen molar-refractivity contribution < 1.29 is 27.9 Å². The van der Waals surface area contributed by atoms with Crippen molar-refractivity contribution >= 4 is 35.4 Å². The fraction of sp³-hybridized carbons (Fsp3) is 0.333. The lowest BCUT2D eigenvalue weighted by Gasteiger charge is -2.21. The molecule has 0 bridgehead atoms. The van der Waals surface area contributed by atoms with E-state index < -0.39 is 23.4 Å². The molecular weight excluding hydrogens is 327 g/mol. The first-order chi connectivity index (χ1) is 9.79. The highest BCUT2D eigenvalue weighted by Gasteiger charge is 2.37. The van der Waals surface area contributed by atoms with E-state index in [0.717, 1.165) is 4.90 Å². The molecule has 1 aromatic rings. The summed E-state index contributed by atoms with van der Waals surface area (Å²) in [5.74, 6) is -1.47. The quantitative estimate of drug-likeness (QED) is 0.860. The Kier molecular flexibility index (Phi) is 4.72. The molecule has 21 heavy (non-hydrogen) atoms. The summed E-state index contributed by atoms with van der Waals surface area (Å²) >= 11 is 0.878. The maximum atomic E-state index is 12.5. The molecule has 1 atom stereocenters. The molecule has 0 spiro atoms. The van der Waals surface area contributed by atoms with E-state index in [1.807, 2.05) is 0 Å². The van der Waals surface area contributed by atoms with Gasteiger partial charge in [0.25, 0.3) is 5.91 Å². The summed E-state index contributed by atoms with van der Waals surface area (Å²) in [6.07, 6.45) is 0. The van der Waals surface area contributed by atoms with Crippen molar-refractivity contribution in [2.75, 3.05) is 11.6 Å². The molecule has 1 aromatic carbocycles. The van der Waals surface area contributed by atoms with Gasteiger partial charge in [-0.3, -0.25) is 4.79 Å². The number of amides is 1. The number of alkyl halides is 3. The second-order valence-corrected chi connectivity index (χ2v) is 6.28. The minimum Gasteiger partial charge on any atom is -0.480 e. The number of nitrogens with zero attached hydrogens (tertiary/aromatic N) is 1. The third-order valence-corrected chi connectivity index (χ3v) is 4.59. The lowest BCUT2D eigenvalue weighted by atomic mass is 10.2. The molecule has 0 unspecified atom stereocenters. The average Bonchev–Trinajstić information content (AvgIpc) is 2.86. The summed E-state index contributed by atoms with van der Waals surface area (Å²) in [5.41, 5.74) is -4.64. The molecule has 1 amide bonds. The summed E-state index contributed by atoms with van der Waals surface area (Å²) in [6, 6.07) is 4.32. The van der Waals surface area contributed by atoms with Crippen LogP contribution < -0.4 is 0 Å². The Bertz CT molecular complexity index is 565. The van der Waals surface area contributed by atoms with E-state index in [2.05, 4.69) is 0 Å². The molecule has 1 heterocycles. The fourth-order valence-electron chi connectivity index (χ4n) is 1.86. The molecule has 1 aliphatic rings. The number of rotatable bonds is 3. The third-order valence-electron chi connectivity index (χ3n) is 2.77. The van der Waals surface area contributed by atoms with Crippen LogP contribution in [-0.4, -0.2) is 45.1 Å². The maximum absolute atomic E-state index is 12.5. The van der Waals surface area contributed by atoms with E-state index in [1.165, 1.54) is 36.0 Å². The molecule has 0 aromatic heterocycles. The number of hydrogen-bond acceptors (Lipinski definition) is 4. The van der Waals surface area contributed by atoms with Crippen molar-refractivity contribution in [3.05, 3.63) is 29.8 Å². The molecule has 0 aliphatic carbocycles. The van der Waals surface area contributed by atoms with E-state index >= 15 is 0 Å². The molecule has 1 aliphatic heterocycles. The van der Waals surface area contributed by atoms with Gasteiger partial charge in [-0.05, 0) is 23.9 Å². The first-order valence-electron chi connectivity index (χ1n) is 5.76. The summed E-state index contributed by atoms with van der Waals surface area (Å²) in [6.45, 7) is 0. The predicted molar refractivity (Wildman–Crippen MR) is 73.3 cm³/mol. The van der Waals surface area contributed by atoms with Crippen LogP contribution >= 0.6 is 23.5 Å². The topological polar surface area (TPSA) is 57.6 Å². The highest BCUT2D eigenvalue weighted by atomic mass is 32.2. The van der Waals surface area contributed by atoms with Crippen molar-refractivity contribution in [3.8, 4) is 0 Å². The minimum atomic E-state index is -4.51. The highest BCUT2D eigenvalue weighted by molar-refractivity contribution is 8.00.